The zero-order valence-corrected chi connectivity index (χ0v) is 10.0. The number of carbonyl (C=O) groups excluding carboxylic acids is 1. The Morgan fingerprint density at radius 2 is 2.25 bits per heavy atom. The third-order valence-corrected chi connectivity index (χ3v) is 3.22. The first-order chi connectivity index (χ1) is 7.65. The molecule has 0 heterocycles. The highest BCUT2D eigenvalue weighted by atomic mass is 32.2. The molecule has 1 rings (SSSR count). The summed E-state index contributed by atoms with van der Waals surface area (Å²) in [7, 11) is 1.68. The van der Waals surface area contributed by atoms with Crippen LogP contribution in [-0.4, -0.2) is 25.4 Å². The number of rotatable bonds is 6. The maximum Gasteiger partial charge on any atom is 0.248 e. The largest absolute Gasteiger partial charge is 0.398 e. The van der Waals surface area contributed by atoms with Gasteiger partial charge in [-0.2, -0.15) is 0 Å². The second-order valence-corrected chi connectivity index (χ2v) is 4.45. The van der Waals surface area contributed by atoms with Crippen LogP contribution in [0.3, 0.4) is 0 Å². The molecule has 1 aromatic rings. The van der Waals surface area contributed by atoms with Crippen LogP contribution < -0.4 is 11.5 Å². The normalized spacial score (nSPS) is 10.3. The molecule has 0 aliphatic rings. The van der Waals surface area contributed by atoms with E-state index in [1.165, 1.54) is 0 Å². The van der Waals surface area contributed by atoms with E-state index in [2.05, 4.69) is 0 Å². The Labute approximate surface area is 99.3 Å². The first-order valence-corrected chi connectivity index (χ1v) is 5.94. The first kappa shape index (κ1) is 12.9. The SMILES string of the molecule is COCCCSc1ccc(C(N)=O)cc1N. The smallest absolute Gasteiger partial charge is 0.248 e. The molecule has 16 heavy (non-hydrogen) atoms. The molecule has 0 radical (unpaired) electrons. The van der Waals surface area contributed by atoms with Crippen LogP contribution in [0, 0.1) is 0 Å². The summed E-state index contributed by atoms with van der Waals surface area (Å²) in [6.45, 7) is 0.742. The highest BCUT2D eigenvalue weighted by molar-refractivity contribution is 7.99. The minimum atomic E-state index is -0.456. The molecule has 0 spiro atoms. The predicted octanol–water partition coefficient (Wildman–Crippen LogP) is 1.50. The van der Waals surface area contributed by atoms with Gasteiger partial charge in [0, 0.05) is 35.6 Å². The van der Waals surface area contributed by atoms with Crippen LogP contribution in [-0.2, 0) is 4.74 Å². The van der Waals surface area contributed by atoms with Gasteiger partial charge in [0.1, 0.15) is 0 Å². The van der Waals surface area contributed by atoms with E-state index in [-0.39, 0.29) is 0 Å². The minimum Gasteiger partial charge on any atom is -0.398 e. The van der Waals surface area contributed by atoms with Crippen LogP contribution >= 0.6 is 11.8 Å². The molecule has 0 fully saturated rings. The Morgan fingerprint density at radius 3 is 2.81 bits per heavy atom. The average molecular weight is 240 g/mol. The number of carbonyl (C=O) groups is 1. The molecule has 0 aliphatic carbocycles. The number of methoxy groups -OCH3 is 1. The molecule has 0 bridgehead atoms. The van der Waals surface area contributed by atoms with E-state index >= 15 is 0 Å². The van der Waals surface area contributed by atoms with Crippen molar-refractivity contribution < 1.29 is 9.53 Å². The average Bonchev–Trinajstić information content (AvgIpc) is 2.26. The monoisotopic (exact) mass is 240 g/mol. The van der Waals surface area contributed by atoms with E-state index in [9.17, 15) is 4.79 Å². The van der Waals surface area contributed by atoms with Crippen molar-refractivity contribution in [3.8, 4) is 0 Å². The van der Waals surface area contributed by atoms with Gasteiger partial charge < -0.3 is 16.2 Å². The second-order valence-electron chi connectivity index (χ2n) is 3.31. The fourth-order valence-corrected chi connectivity index (χ4v) is 2.09. The van der Waals surface area contributed by atoms with Crippen molar-refractivity contribution in [2.45, 2.75) is 11.3 Å². The van der Waals surface area contributed by atoms with Gasteiger partial charge in [0.15, 0.2) is 0 Å². The van der Waals surface area contributed by atoms with Crippen molar-refractivity contribution in [2.75, 3.05) is 25.2 Å². The number of thioether (sulfide) groups is 1. The van der Waals surface area contributed by atoms with E-state index in [1.807, 2.05) is 6.07 Å². The Kier molecular flexibility index (Phi) is 5.14. The summed E-state index contributed by atoms with van der Waals surface area (Å²) in [5, 5.41) is 0. The Balaban J connectivity index is 2.57. The van der Waals surface area contributed by atoms with E-state index in [1.54, 1.807) is 31.0 Å². The quantitative estimate of drug-likeness (QED) is 0.448. The number of ether oxygens (including phenoxy) is 1. The zero-order valence-electron chi connectivity index (χ0n) is 9.23. The van der Waals surface area contributed by atoms with Gasteiger partial charge in [-0.05, 0) is 24.6 Å². The summed E-state index contributed by atoms with van der Waals surface area (Å²) < 4.78 is 4.95. The molecule has 0 saturated carbocycles. The molecule has 1 aromatic carbocycles. The molecular weight excluding hydrogens is 224 g/mol. The lowest BCUT2D eigenvalue weighted by molar-refractivity contribution is 0.100. The predicted molar refractivity (Wildman–Crippen MR) is 66.6 cm³/mol. The van der Waals surface area contributed by atoms with Crippen LogP contribution in [0.15, 0.2) is 23.1 Å². The molecule has 1 amide bonds. The number of amides is 1. The van der Waals surface area contributed by atoms with E-state index in [0.29, 0.717) is 11.3 Å². The van der Waals surface area contributed by atoms with Crippen LogP contribution in [0.2, 0.25) is 0 Å². The van der Waals surface area contributed by atoms with Crippen molar-refractivity contribution in [1.82, 2.24) is 0 Å². The number of nitrogen functional groups attached to an aromatic ring is 1. The third kappa shape index (κ3) is 3.75. The maximum atomic E-state index is 10.9. The molecule has 4 nitrogen and oxygen atoms in total. The van der Waals surface area contributed by atoms with Crippen molar-refractivity contribution in [2.24, 2.45) is 5.73 Å². The third-order valence-electron chi connectivity index (χ3n) is 2.04. The zero-order chi connectivity index (χ0) is 12.0. The van der Waals surface area contributed by atoms with Crippen LogP contribution in [0.5, 0.6) is 0 Å². The number of benzene rings is 1. The van der Waals surface area contributed by atoms with Crippen LogP contribution in [0.25, 0.3) is 0 Å². The fourth-order valence-electron chi connectivity index (χ4n) is 1.22. The van der Waals surface area contributed by atoms with Crippen LogP contribution in [0.4, 0.5) is 5.69 Å². The van der Waals surface area contributed by atoms with Gasteiger partial charge in [-0.15, -0.1) is 11.8 Å². The van der Waals surface area contributed by atoms with Gasteiger partial charge in [0.05, 0.1) is 0 Å². The molecule has 5 heteroatoms. The number of primary amides is 1. The molecule has 88 valence electrons. The Hall–Kier alpha value is -1.20. The maximum absolute atomic E-state index is 10.9. The van der Waals surface area contributed by atoms with E-state index < -0.39 is 5.91 Å². The topological polar surface area (TPSA) is 78.3 Å². The molecular formula is C11H16N2O2S. The molecule has 0 aliphatic heterocycles. The molecule has 0 saturated heterocycles. The van der Waals surface area contributed by atoms with Crippen molar-refractivity contribution in [3.05, 3.63) is 23.8 Å². The Morgan fingerprint density at radius 1 is 1.50 bits per heavy atom. The summed E-state index contributed by atoms with van der Waals surface area (Å²) in [4.78, 5) is 11.9. The van der Waals surface area contributed by atoms with Crippen molar-refractivity contribution in [3.63, 3.8) is 0 Å². The number of hydrogen-bond donors (Lipinski definition) is 2. The number of anilines is 1. The van der Waals surface area contributed by atoms with Crippen LogP contribution in [0.1, 0.15) is 16.8 Å². The lowest BCUT2D eigenvalue weighted by Crippen LogP contribution is -2.11. The summed E-state index contributed by atoms with van der Waals surface area (Å²) in [5.41, 5.74) is 12.0. The van der Waals surface area contributed by atoms with Crippen molar-refractivity contribution >= 4 is 23.4 Å². The summed E-state index contributed by atoms with van der Waals surface area (Å²) in [6.07, 6.45) is 0.970. The number of hydrogen-bond acceptors (Lipinski definition) is 4. The van der Waals surface area contributed by atoms with Gasteiger partial charge in [-0.25, -0.2) is 0 Å². The lowest BCUT2D eigenvalue weighted by atomic mass is 10.2. The molecule has 0 aromatic heterocycles. The van der Waals surface area contributed by atoms with Gasteiger partial charge in [0.25, 0.3) is 0 Å². The van der Waals surface area contributed by atoms with Gasteiger partial charge in [0.2, 0.25) is 5.91 Å². The summed E-state index contributed by atoms with van der Waals surface area (Å²) in [5.74, 6) is 0.483. The first-order valence-electron chi connectivity index (χ1n) is 4.96. The van der Waals surface area contributed by atoms with E-state index in [0.717, 1.165) is 23.7 Å². The fraction of sp³-hybridized carbons (Fsp3) is 0.364. The lowest BCUT2D eigenvalue weighted by Gasteiger charge is -2.06. The standard InChI is InChI=1S/C11H16N2O2S/c1-15-5-2-6-16-10-4-3-8(11(13)14)7-9(10)12/h3-4,7H,2,5-6,12H2,1H3,(H2,13,14). The van der Waals surface area contributed by atoms with Gasteiger partial charge in [-0.1, -0.05) is 0 Å². The van der Waals surface area contributed by atoms with Crippen molar-refractivity contribution in [1.29, 1.82) is 0 Å². The molecule has 0 unspecified atom stereocenters. The highest BCUT2D eigenvalue weighted by Crippen LogP contribution is 2.26. The summed E-state index contributed by atoms with van der Waals surface area (Å²) in [6, 6.07) is 5.13. The minimum absolute atomic E-state index is 0.443. The summed E-state index contributed by atoms with van der Waals surface area (Å²) >= 11 is 1.65. The molecule has 4 N–H and O–H groups in total. The van der Waals surface area contributed by atoms with Gasteiger partial charge >= 0.3 is 0 Å². The Bertz CT molecular complexity index is 369. The second kappa shape index (κ2) is 6.40. The van der Waals surface area contributed by atoms with E-state index in [4.69, 9.17) is 16.2 Å². The molecule has 0 atom stereocenters. The van der Waals surface area contributed by atoms with Gasteiger partial charge in [-0.3, -0.25) is 4.79 Å². The highest BCUT2D eigenvalue weighted by Gasteiger charge is 2.04. The number of nitrogens with two attached hydrogens (primary N) is 2.